The smallest absolute Gasteiger partial charge is 0.124 e. The number of phenolic OH excluding ortho intramolecular Hbond substituents is 1. The maximum Gasteiger partial charge on any atom is 0.124 e. The Labute approximate surface area is 114 Å². The summed E-state index contributed by atoms with van der Waals surface area (Å²) in [5.74, 6) is 0.272. The number of benzene rings is 2. The molecule has 2 N–H and O–H groups in total. The van der Waals surface area contributed by atoms with Gasteiger partial charge in [-0.15, -0.1) is 11.3 Å². The van der Waals surface area contributed by atoms with E-state index in [-0.39, 0.29) is 5.75 Å². The quantitative estimate of drug-likeness (QED) is 0.747. The minimum absolute atomic E-state index is 0.272. The number of aromatic hydroxyl groups is 1. The molecule has 3 nitrogen and oxygen atoms in total. The van der Waals surface area contributed by atoms with Crippen LogP contribution < -0.4 is 5.32 Å². The van der Waals surface area contributed by atoms with E-state index in [0.29, 0.717) is 0 Å². The molecule has 0 unspecified atom stereocenters. The summed E-state index contributed by atoms with van der Waals surface area (Å²) in [6.07, 6.45) is 1.65. The van der Waals surface area contributed by atoms with E-state index in [0.717, 1.165) is 26.5 Å². The van der Waals surface area contributed by atoms with Crippen molar-refractivity contribution >= 4 is 27.2 Å². The maximum atomic E-state index is 9.47. The summed E-state index contributed by atoms with van der Waals surface area (Å²) in [6.45, 7) is 3.63. The SMILES string of the molecule is C=CNc1ccc(-c2nc3ccc(O)cc3s2)cc1. The number of nitrogens with zero attached hydrogens (tertiary/aromatic N) is 1. The fraction of sp³-hybridized carbons (Fsp3) is 0. The Kier molecular flexibility index (Phi) is 2.93. The van der Waals surface area contributed by atoms with E-state index in [1.165, 1.54) is 0 Å². The zero-order valence-corrected chi connectivity index (χ0v) is 10.9. The molecule has 0 amide bonds. The third-order valence-electron chi connectivity index (χ3n) is 2.77. The second-order valence-corrected chi connectivity index (χ2v) is 5.13. The summed E-state index contributed by atoms with van der Waals surface area (Å²) < 4.78 is 0.989. The van der Waals surface area contributed by atoms with Gasteiger partial charge in [-0.25, -0.2) is 4.98 Å². The van der Waals surface area contributed by atoms with Crippen molar-refractivity contribution in [1.82, 2.24) is 4.98 Å². The van der Waals surface area contributed by atoms with Crippen molar-refractivity contribution in [3.05, 3.63) is 55.2 Å². The molecule has 3 aromatic rings. The average Bonchev–Trinajstić information content (AvgIpc) is 2.83. The molecule has 0 saturated heterocycles. The lowest BCUT2D eigenvalue weighted by atomic mass is 10.2. The van der Waals surface area contributed by atoms with Crippen LogP contribution in [0, 0.1) is 0 Å². The van der Waals surface area contributed by atoms with Crippen molar-refractivity contribution in [2.75, 3.05) is 5.32 Å². The summed E-state index contributed by atoms with van der Waals surface area (Å²) in [5.41, 5.74) is 2.97. The third kappa shape index (κ3) is 2.30. The summed E-state index contributed by atoms with van der Waals surface area (Å²) in [6, 6.07) is 13.2. The molecule has 0 atom stereocenters. The Morgan fingerprint density at radius 2 is 1.95 bits per heavy atom. The van der Waals surface area contributed by atoms with Gasteiger partial charge >= 0.3 is 0 Å². The van der Waals surface area contributed by atoms with Gasteiger partial charge in [-0.1, -0.05) is 6.58 Å². The molecule has 0 aliphatic rings. The number of nitrogens with one attached hydrogen (secondary N) is 1. The van der Waals surface area contributed by atoms with Gasteiger partial charge in [-0.2, -0.15) is 0 Å². The van der Waals surface area contributed by atoms with Crippen molar-refractivity contribution in [3.63, 3.8) is 0 Å². The lowest BCUT2D eigenvalue weighted by molar-refractivity contribution is 0.476. The molecule has 0 fully saturated rings. The van der Waals surface area contributed by atoms with Crippen LogP contribution in [-0.4, -0.2) is 10.1 Å². The van der Waals surface area contributed by atoms with E-state index in [1.807, 2.05) is 30.3 Å². The molecule has 0 saturated carbocycles. The highest BCUT2D eigenvalue weighted by molar-refractivity contribution is 7.21. The zero-order chi connectivity index (χ0) is 13.2. The van der Waals surface area contributed by atoms with Crippen LogP contribution in [0.15, 0.2) is 55.2 Å². The number of hydrogen-bond donors (Lipinski definition) is 2. The number of anilines is 1. The first kappa shape index (κ1) is 11.7. The van der Waals surface area contributed by atoms with E-state index in [9.17, 15) is 5.11 Å². The molecule has 94 valence electrons. The molecule has 19 heavy (non-hydrogen) atoms. The van der Waals surface area contributed by atoms with Crippen molar-refractivity contribution < 1.29 is 5.11 Å². The lowest BCUT2D eigenvalue weighted by Gasteiger charge is -2.00. The number of hydrogen-bond acceptors (Lipinski definition) is 4. The predicted molar refractivity (Wildman–Crippen MR) is 80.5 cm³/mol. The number of thiazole rings is 1. The Hall–Kier alpha value is -2.33. The largest absolute Gasteiger partial charge is 0.508 e. The van der Waals surface area contributed by atoms with Crippen molar-refractivity contribution in [2.45, 2.75) is 0 Å². The van der Waals surface area contributed by atoms with Crippen LogP contribution in [0.25, 0.3) is 20.8 Å². The topological polar surface area (TPSA) is 45.2 Å². The second-order valence-electron chi connectivity index (χ2n) is 4.10. The van der Waals surface area contributed by atoms with E-state index in [1.54, 1.807) is 29.7 Å². The summed E-state index contributed by atoms with van der Waals surface area (Å²) in [4.78, 5) is 4.57. The van der Waals surface area contributed by atoms with Crippen LogP contribution in [0.5, 0.6) is 5.75 Å². The Bertz CT molecular complexity index is 731. The Morgan fingerprint density at radius 1 is 1.16 bits per heavy atom. The Balaban J connectivity index is 2.01. The van der Waals surface area contributed by atoms with E-state index >= 15 is 0 Å². The average molecular weight is 268 g/mol. The van der Waals surface area contributed by atoms with Crippen molar-refractivity contribution in [2.24, 2.45) is 0 Å². The van der Waals surface area contributed by atoms with Crippen LogP contribution in [0.3, 0.4) is 0 Å². The zero-order valence-electron chi connectivity index (χ0n) is 10.1. The van der Waals surface area contributed by atoms with Crippen LogP contribution >= 0.6 is 11.3 Å². The van der Waals surface area contributed by atoms with E-state index in [2.05, 4.69) is 16.9 Å². The normalized spacial score (nSPS) is 10.5. The first-order valence-corrected chi connectivity index (χ1v) is 6.65. The summed E-state index contributed by atoms with van der Waals surface area (Å²) in [5, 5.41) is 13.5. The predicted octanol–water partition coefficient (Wildman–Crippen LogP) is 4.22. The minimum Gasteiger partial charge on any atom is -0.508 e. The van der Waals surface area contributed by atoms with Crippen molar-refractivity contribution in [1.29, 1.82) is 0 Å². The first-order chi connectivity index (χ1) is 9.26. The number of aromatic nitrogens is 1. The Morgan fingerprint density at radius 3 is 2.68 bits per heavy atom. The third-order valence-corrected chi connectivity index (χ3v) is 3.84. The highest BCUT2D eigenvalue weighted by atomic mass is 32.1. The van der Waals surface area contributed by atoms with Gasteiger partial charge in [0.15, 0.2) is 0 Å². The lowest BCUT2D eigenvalue weighted by Crippen LogP contribution is -1.85. The van der Waals surface area contributed by atoms with Gasteiger partial charge < -0.3 is 10.4 Å². The fourth-order valence-corrected chi connectivity index (χ4v) is 2.87. The highest BCUT2D eigenvalue weighted by Gasteiger charge is 2.06. The number of fused-ring (bicyclic) bond motifs is 1. The molecule has 0 bridgehead atoms. The molecule has 1 aromatic heterocycles. The standard InChI is InChI=1S/C15H12N2OS/c1-2-16-11-5-3-10(4-6-11)15-17-13-8-7-12(18)9-14(13)19-15/h2-9,16,18H,1H2. The molecule has 3 rings (SSSR count). The van der Waals surface area contributed by atoms with Crippen LogP contribution in [-0.2, 0) is 0 Å². The van der Waals surface area contributed by atoms with Gasteiger partial charge in [0.1, 0.15) is 10.8 Å². The van der Waals surface area contributed by atoms with E-state index < -0.39 is 0 Å². The highest BCUT2D eigenvalue weighted by Crippen LogP contribution is 2.32. The molecule has 4 heteroatoms. The van der Waals surface area contributed by atoms with Crippen LogP contribution in [0.4, 0.5) is 5.69 Å². The number of phenols is 1. The fourth-order valence-electron chi connectivity index (χ4n) is 1.86. The molecule has 2 aromatic carbocycles. The monoisotopic (exact) mass is 268 g/mol. The molecule has 0 spiro atoms. The van der Waals surface area contributed by atoms with Crippen LogP contribution in [0.2, 0.25) is 0 Å². The van der Waals surface area contributed by atoms with Gasteiger partial charge in [-0.05, 0) is 48.7 Å². The molecule has 0 aliphatic heterocycles. The van der Waals surface area contributed by atoms with Gasteiger partial charge in [0.2, 0.25) is 0 Å². The van der Waals surface area contributed by atoms with E-state index in [4.69, 9.17) is 0 Å². The first-order valence-electron chi connectivity index (χ1n) is 5.84. The molecule has 0 radical (unpaired) electrons. The molecule has 1 heterocycles. The minimum atomic E-state index is 0.272. The second kappa shape index (κ2) is 4.74. The molecular weight excluding hydrogens is 256 g/mol. The van der Waals surface area contributed by atoms with Gasteiger partial charge in [0, 0.05) is 11.3 Å². The van der Waals surface area contributed by atoms with Crippen molar-refractivity contribution in [3.8, 4) is 16.3 Å². The maximum absolute atomic E-state index is 9.47. The molecular formula is C15H12N2OS. The summed E-state index contributed by atoms with van der Waals surface area (Å²) in [7, 11) is 0. The summed E-state index contributed by atoms with van der Waals surface area (Å²) >= 11 is 1.57. The van der Waals surface area contributed by atoms with Gasteiger partial charge in [-0.3, -0.25) is 0 Å². The molecule has 0 aliphatic carbocycles. The van der Waals surface area contributed by atoms with Gasteiger partial charge in [0.25, 0.3) is 0 Å². The van der Waals surface area contributed by atoms with Crippen LogP contribution in [0.1, 0.15) is 0 Å². The van der Waals surface area contributed by atoms with Gasteiger partial charge in [0.05, 0.1) is 10.2 Å². The number of rotatable bonds is 3.